The van der Waals surface area contributed by atoms with Crippen molar-refractivity contribution in [1.29, 1.82) is 0 Å². The van der Waals surface area contributed by atoms with E-state index in [1.807, 2.05) is 6.92 Å². The van der Waals surface area contributed by atoms with E-state index in [4.69, 9.17) is 0 Å². The SMILES string of the molecule is CCCc1nccn1C(F)(F)I. The van der Waals surface area contributed by atoms with Gasteiger partial charge in [0.15, 0.2) is 0 Å². The number of halogens is 3. The van der Waals surface area contributed by atoms with Crippen molar-refractivity contribution in [2.45, 2.75) is 23.8 Å². The molecule has 0 aliphatic rings. The minimum atomic E-state index is -2.86. The molecule has 12 heavy (non-hydrogen) atoms. The number of rotatable bonds is 3. The summed E-state index contributed by atoms with van der Waals surface area (Å²) in [6.07, 6.45) is 4.12. The Hall–Kier alpha value is -0.200. The normalized spacial score (nSPS) is 12.0. The smallest absolute Gasteiger partial charge is 0.266 e. The van der Waals surface area contributed by atoms with Gasteiger partial charge in [0, 0.05) is 41.4 Å². The first-order chi connectivity index (χ1) is 5.55. The highest BCUT2D eigenvalue weighted by Crippen LogP contribution is 2.30. The van der Waals surface area contributed by atoms with E-state index in [-0.39, 0.29) is 0 Å². The van der Waals surface area contributed by atoms with Crippen molar-refractivity contribution in [2.24, 2.45) is 0 Å². The standard InChI is InChI=1S/C7H9F2IN2/c1-2-3-6-11-4-5-12(6)7(8,9)10/h4-5H,2-3H2,1H3. The van der Waals surface area contributed by atoms with Crippen molar-refractivity contribution in [1.82, 2.24) is 9.55 Å². The first-order valence-corrected chi connectivity index (χ1v) is 4.73. The average molecular weight is 286 g/mol. The summed E-state index contributed by atoms with van der Waals surface area (Å²) in [7, 11) is 0. The molecule has 1 heterocycles. The van der Waals surface area contributed by atoms with E-state index in [1.165, 1.54) is 12.4 Å². The van der Waals surface area contributed by atoms with Crippen molar-refractivity contribution in [3.63, 3.8) is 0 Å². The van der Waals surface area contributed by atoms with Crippen molar-refractivity contribution in [2.75, 3.05) is 0 Å². The molecule has 0 atom stereocenters. The first-order valence-electron chi connectivity index (χ1n) is 3.65. The lowest BCUT2D eigenvalue weighted by Crippen LogP contribution is -2.16. The minimum Gasteiger partial charge on any atom is -0.266 e. The fourth-order valence-corrected chi connectivity index (χ4v) is 1.41. The number of aryl methyl sites for hydroxylation is 1. The van der Waals surface area contributed by atoms with Crippen LogP contribution in [0.5, 0.6) is 0 Å². The molecule has 68 valence electrons. The second-order valence-corrected chi connectivity index (χ2v) is 3.73. The predicted molar refractivity (Wildman–Crippen MR) is 50.4 cm³/mol. The van der Waals surface area contributed by atoms with Gasteiger partial charge in [-0.15, -0.1) is 0 Å². The number of imidazole rings is 1. The molecule has 0 aliphatic heterocycles. The summed E-state index contributed by atoms with van der Waals surface area (Å²) in [6, 6.07) is 0. The number of nitrogens with zero attached hydrogens (tertiary/aromatic N) is 2. The Kier molecular flexibility index (Phi) is 3.03. The highest BCUT2D eigenvalue weighted by atomic mass is 127. The molecule has 0 amide bonds. The Morgan fingerprint density at radius 2 is 2.33 bits per heavy atom. The molecule has 1 aromatic heterocycles. The van der Waals surface area contributed by atoms with Gasteiger partial charge in [-0.2, -0.15) is 8.78 Å². The quantitative estimate of drug-likeness (QED) is 0.617. The Labute approximate surface area is 83.1 Å². The monoisotopic (exact) mass is 286 g/mol. The lowest BCUT2D eigenvalue weighted by molar-refractivity contribution is 0.0430. The van der Waals surface area contributed by atoms with Gasteiger partial charge in [0.2, 0.25) is 0 Å². The number of alkyl halides is 3. The van der Waals surface area contributed by atoms with Gasteiger partial charge < -0.3 is 0 Å². The molecular formula is C7H9F2IN2. The molecule has 5 heteroatoms. The third-order valence-corrected chi connectivity index (χ3v) is 1.98. The van der Waals surface area contributed by atoms with Crippen molar-refractivity contribution in [3.05, 3.63) is 18.2 Å². The second kappa shape index (κ2) is 3.68. The van der Waals surface area contributed by atoms with Crippen LogP contribution in [-0.2, 0) is 10.5 Å². The largest absolute Gasteiger partial charge is 0.381 e. The van der Waals surface area contributed by atoms with Gasteiger partial charge >= 0.3 is 4.05 Å². The molecule has 0 spiro atoms. The molecule has 0 bridgehead atoms. The van der Waals surface area contributed by atoms with E-state index < -0.39 is 4.05 Å². The van der Waals surface area contributed by atoms with Gasteiger partial charge in [0.25, 0.3) is 0 Å². The van der Waals surface area contributed by atoms with Crippen LogP contribution in [-0.4, -0.2) is 9.55 Å². The molecule has 0 saturated carbocycles. The molecule has 0 N–H and O–H groups in total. The van der Waals surface area contributed by atoms with E-state index in [0.717, 1.165) is 33.6 Å². The maximum absolute atomic E-state index is 12.8. The number of aromatic nitrogens is 2. The maximum atomic E-state index is 12.8. The summed E-state index contributed by atoms with van der Waals surface area (Å²) in [4.78, 5) is 3.85. The molecule has 0 unspecified atom stereocenters. The molecule has 2 nitrogen and oxygen atoms in total. The second-order valence-electron chi connectivity index (χ2n) is 2.43. The summed E-state index contributed by atoms with van der Waals surface area (Å²) < 4.78 is 23.6. The van der Waals surface area contributed by atoms with Gasteiger partial charge in [0.1, 0.15) is 5.82 Å². The van der Waals surface area contributed by atoms with Crippen LogP contribution >= 0.6 is 22.6 Å². The van der Waals surface area contributed by atoms with Crippen LogP contribution in [0.4, 0.5) is 8.78 Å². The third-order valence-electron chi connectivity index (χ3n) is 1.46. The van der Waals surface area contributed by atoms with Crippen molar-refractivity contribution < 1.29 is 8.78 Å². The molecule has 0 aromatic carbocycles. The Balaban J connectivity index is 2.91. The molecule has 0 radical (unpaired) electrons. The fourth-order valence-electron chi connectivity index (χ4n) is 0.974. The minimum absolute atomic E-state index is 0.442. The van der Waals surface area contributed by atoms with Crippen molar-refractivity contribution in [3.8, 4) is 0 Å². The summed E-state index contributed by atoms with van der Waals surface area (Å²) in [5, 5.41) is 0. The highest BCUT2D eigenvalue weighted by Gasteiger charge is 2.28. The summed E-state index contributed by atoms with van der Waals surface area (Å²) >= 11 is 1.09. The number of hydrogen-bond donors (Lipinski definition) is 0. The predicted octanol–water partition coefficient (Wildman–Crippen LogP) is 2.78. The van der Waals surface area contributed by atoms with Crippen LogP contribution in [0.15, 0.2) is 12.4 Å². The molecule has 0 aliphatic carbocycles. The third kappa shape index (κ3) is 2.15. The number of hydrogen-bond acceptors (Lipinski definition) is 1. The van der Waals surface area contributed by atoms with Gasteiger partial charge in [-0.05, 0) is 6.42 Å². The van der Waals surface area contributed by atoms with Gasteiger partial charge in [0.05, 0.1) is 0 Å². The van der Waals surface area contributed by atoms with E-state index in [0.29, 0.717) is 12.2 Å². The summed E-state index contributed by atoms with van der Waals surface area (Å²) in [6.45, 7) is 1.93. The zero-order chi connectivity index (χ0) is 9.19. The van der Waals surface area contributed by atoms with Crippen LogP contribution in [0, 0.1) is 0 Å². The van der Waals surface area contributed by atoms with Crippen LogP contribution in [0.25, 0.3) is 0 Å². The lowest BCUT2D eigenvalue weighted by atomic mass is 10.3. The summed E-state index contributed by atoms with van der Waals surface area (Å²) in [5.74, 6) is 0.442. The Morgan fingerprint density at radius 3 is 2.83 bits per heavy atom. The fraction of sp³-hybridized carbons (Fsp3) is 0.571. The lowest BCUT2D eigenvalue weighted by Gasteiger charge is -2.12. The van der Waals surface area contributed by atoms with Gasteiger partial charge in [-0.25, -0.2) is 4.98 Å². The van der Waals surface area contributed by atoms with Crippen LogP contribution in [0.1, 0.15) is 19.2 Å². The maximum Gasteiger partial charge on any atom is 0.381 e. The van der Waals surface area contributed by atoms with Gasteiger partial charge in [-0.1, -0.05) is 6.92 Å². The molecule has 1 rings (SSSR count). The van der Waals surface area contributed by atoms with E-state index in [9.17, 15) is 8.78 Å². The Morgan fingerprint density at radius 1 is 1.67 bits per heavy atom. The molecule has 1 aromatic rings. The van der Waals surface area contributed by atoms with E-state index >= 15 is 0 Å². The van der Waals surface area contributed by atoms with E-state index in [1.54, 1.807) is 0 Å². The van der Waals surface area contributed by atoms with Gasteiger partial charge in [-0.3, -0.25) is 4.57 Å². The van der Waals surface area contributed by atoms with E-state index in [2.05, 4.69) is 4.98 Å². The first kappa shape index (κ1) is 9.88. The van der Waals surface area contributed by atoms with Crippen LogP contribution in [0.2, 0.25) is 0 Å². The topological polar surface area (TPSA) is 17.8 Å². The Bertz CT molecular complexity index is 254. The molecule has 0 saturated heterocycles. The zero-order valence-electron chi connectivity index (χ0n) is 6.60. The van der Waals surface area contributed by atoms with Crippen LogP contribution < -0.4 is 0 Å². The summed E-state index contributed by atoms with van der Waals surface area (Å²) in [5.41, 5.74) is 0. The highest BCUT2D eigenvalue weighted by molar-refractivity contribution is 14.1. The molecular weight excluding hydrogens is 277 g/mol. The molecule has 0 fully saturated rings. The van der Waals surface area contributed by atoms with Crippen LogP contribution in [0.3, 0.4) is 0 Å². The zero-order valence-corrected chi connectivity index (χ0v) is 8.75. The van der Waals surface area contributed by atoms with Crippen molar-refractivity contribution >= 4 is 22.6 Å². The average Bonchev–Trinajstić information content (AvgIpc) is 2.34.